The molecule has 21 heavy (non-hydrogen) atoms. The van der Waals surface area contributed by atoms with Crippen LogP contribution in [0.3, 0.4) is 0 Å². The summed E-state index contributed by atoms with van der Waals surface area (Å²) in [6.07, 6.45) is 3.98. The van der Waals surface area contributed by atoms with Gasteiger partial charge in [0.15, 0.2) is 0 Å². The number of rotatable bonds is 8. The molecular weight excluding hydrogens is 266 g/mol. The summed E-state index contributed by atoms with van der Waals surface area (Å²) < 4.78 is 0. The third-order valence-corrected chi connectivity index (χ3v) is 3.75. The molecule has 0 aromatic heterocycles. The van der Waals surface area contributed by atoms with Gasteiger partial charge in [-0.15, -0.1) is 0 Å². The quantitative estimate of drug-likeness (QED) is 0.796. The van der Waals surface area contributed by atoms with Gasteiger partial charge < -0.3 is 10.0 Å². The van der Waals surface area contributed by atoms with Crippen molar-refractivity contribution in [2.75, 3.05) is 7.05 Å². The summed E-state index contributed by atoms with van der Waals surface area (Å²) in [7, 11) is 1.81. The van der Waals surface area contributed by atoms with Crippen LogP contribution in [0.1, 0.15) is 55.5 Å². The van der Waals surface area contributed by atoms with Crippen LogP contribution in [0, 0.1) is 5.92 Å². The van der Waals surface area contributed by atoms with E-state index in [4.69, 9.17) is 5.11 Å². The summed E-state index contributed by atoms with van der Waals surface area (Å²) >= 11 is 0. The van der Waals surface area contributed by atoms with Crippen LogP contribution in [0.2, 0.25) is 0 Å². The van der Waals surface area contributed by atoms with Crippen molar-refractivity contribution in [2.24, 2.45) is 5.92 Å². The van der Waals surface area contributed by atoms with Gasteiger partial charge in [-0.3, -0.25) is 4.79 Å². The van der Waals surface area contributed by atoms with Gasteiger partial charge in [0.25, 0.3) is 0 Å². The smallest absolute Gasteiger partial charge is 0.335 e. The molecule has 116 valence electrons. The van der Waals surface area contributed by atoms with Gasteiger partial charge in [-0.2, -0.15) is 0 Å². The van der Waals surface area contributed by atoms with Gasteiger partial charge >= 0.3 is 5.97 Å². The van der Waals surface area contributed by atoms with Gasteiger partial charge in [-0.25, -0.2) is 4.79 Å². The fraction of sp³-hybridized carbons (Fsp3) is 0.529. The Morgan fingerprint density at radius 3 is 2.29 bits per heavy atom. The van der Waals surface area contributed by atoms with E-state index in [-0.39, 0.29) is 17.4 Å². The minimum atomic E-state index is -0.934. The molecule has 0 aliphatic rings. The number of amides is 1. The first kappa shape index (κ1) is 17.2. The first-order valence-electron chi connectivity index (χ1n) is 7.56. The number of nitrogens with zero attached hydrogens (tertiary/aromatic N) is 1. The Bertz CT molecular complexity index is 467. The lowest BCUT2D eigenvalue weighted by molar-refractivity contribution is -0.135. The van der Waals surface area contributed by atoms with E-state index in [1.54, 1.807) is 29.2 Å². The van der Waals surface area contributed by atoms with Crippen LogP contribution in [-0.2, 0) is 11.3 Å². The zero-order valence-electron chi connectivity index (χ0n) is 13.1. The van der Waals surface area contributed by atoms with E-state index >= 15 is 0 Å². The molecule has 4 heteroatoms. The van der Waals surface area contributed by atoms with Gasteiger partial charge in [0.05, 0.1) is 5.56 Å². The fourth-order valence-corrected chi connectivity index (χ4v) is 2.37. The number of unbranched alkanes of at least 4 members (excludes halogenated alkanes) is 1. The van der Waals surface area contributed by atoms with Gasteiger partial charge in [0.2, 0.25) is 5.91 Å². The molecule has 1 amide bonds. The number of carbonyl (C=O) groups excluding carboxylic acids is 1. The summed E-state index contributed by atoms with van der Waals surface area (Å²) in [5.74, 6) is -0.668. The second-order valence-electron chi connectivity index (χ2n) is 5.44. The Labute approximate surface area is 126 Å². The van der Waals surface area contributed by atoms with Crippen LogP contribution in [-0.4, -0.2) is 28.9 Å². The molecule has 0 spiro atoms. The van der Waals surface area contributed by atoms with E-state index in [9.17, 15) is 9.59 Å². The predicted octanol–water partition coefficient (Wildman–Crippen LogP) is 3.56. The first-order valence-corrected chi connectivity index (χ1v) is 7.56. The van der Waals surface area contributed by atoms with Crippen LogP contribution in [0.4, 0.5) is 0 Å². The lowest BCUT2D eigenvalue weighted by Gasteiger charge is -2.23. The molecule has 0 radical (unpaired) electrons. The van der Waals surface area contributed by atoms with Crippen LogP contribution in [0.25, 0.3) is 0 Å². The molecule has 1 atom stereocenters. The number of hydrogen-bond donors (Lipinski definition) is 1. The van der Waals surface area contributed by atoms with Crippen LogP contribution < -0.4 is 0 Å². The maximum atomic E-state index is 12.4. The number of carboxylic acids is 1. The zero-order valence-corrected chi connectivity index (χ0v) is 13.1. The van der Waals surface area contributed by atoms with Gasteiger partial charge in [0.1, 0.15) is 0 Å². The molecular formula is C17H25NO3. The third kappa shape index (κ3) is 5.21. The van der Waals surface area contributed by atoms with E-state index in [2.05, 4.69) is 6.92 Å². The molecule has 0 heterocycles. The lowest BCUT2D eigenvalue weighted by Crippen LogP contribution is -2.32. The largest absolute Gasteiger partial charge is 0.478 e. The fourth-order valence-electron chi connectivity index (χ4n) is 2.37. The van der Waals surface area contributed by atoms with Gasteiger partial charge in [-0.05, 0) is 30.5 Å². The number of benzene rings is 1. The van der Waals surface area contributed by atoms with E-state index in [1.165, 1.54) is 0 Å². The molecule has 1 rings (SSSR count). The molecule has 0 fully saturated rings. The number of carboxylic acid groups (broad SMARTS) is 1. The average Bonchev–Trinajstić information content (AvgIpc) is 2.48. The van der Waals surface area contributed by atoms with Gasteiger partial charge in [-0.1, -0.05) is 38.8 Å². The minimum absolute atomic E-state index is 0.0910. The molecule has 0 saturated carbocycles. The summed E-state index contributed by atoms with van der Waals surface area (Å²) in [6.45, 7) is 4.69. The monoisotopic (exact) mass is 291 g/mol. The third-order valence-electron chi connectivity index (χ3n) is 3.75. The van der Waals surface area contributed by atoms with Crippen molar-refractivity contribution in [3.8, 4) is 0 Å². The Kier molecular flexibility index (Phi) is 6.92. The predicted molar refractivity (Wildman–Crippen MR) is 83.2 cm³/mol. The van der Waals surface area contributed by atoms with Crippen LogP contribution in [0.15, 0.2) is 24.3 Å². The lowest BCUT2D eigenvalue weighted by atomic mass is 9.97. The van der Waals surface area contributed by atoms with Crippen molar-refractivity contribution in [3.63, 3.8) is 0 Å². The molecule has 0 bridgehead atoms. The summed E-state index contributed by atoms with van der Waals surface area (Å²) in [5.41, 5.74) is 1.21. The average molecular weight is 291 g/mol. The number of hydrogen-bond acceptors (Lipinski definition) is 2. The first-order chi connectivity index (χ1) is 9.99. The minimum Gasteiger partial charge on any atom is -0.478 e. The molecule has 0 saturated heterocycles. The molecule has 1 aromatic carbocycles. The van der Waals surface area contributed by atoms with Crippen LogP contribution in [0.5, 0.6) is 0 Å². The number of aromatic carboxylic acids is 1. The number of carbonyl (C=O) groups is 2. The van der Waals surface area contributed by atoms with Crippen molar-refractivity contribution in [3.05, 3.63) is 35.4 Å². The molecule has 1 N–H and O–H groups in total. The Hall–Kier alpha value is -1.84. The molecule has 1 unspecified atom stereocenters. The highest BCUT2D eigenvalue weighted by Crippen LogP contribution is 2.17. The van der Waals surface area contributed by atoms with E-state index < -0.39 is 5.97 Å². The van der Waals surface area contributed by atoms with Crippen molar-refractivity contribution >= 4 is 11.9 Å². The Morgan fingerprint density at radius 1 is 1.19 bits per heavy atom. The normalized spacial score (nSPS) is 12.0. The summed E-state index contributed by atoms with van der Waals surface area (Å²) in [5, 5.41) is 8.87. The van der Waals surface area contributed by atoms with E-state index in [0.717, 1.165) is 31.2 Å². The molecule has 0 aliphatic carbocycles. The van der Waals surface area contributed by atoms with Crippen molar-refractivity contribution in [1.82, 2.24) is 4.90 Å². The molecule has 1 aromatic rings. The highest BCUT2D eigenvalue weighted by molar-refractivity contribution is 5.87. The highest BCUT2D eigenvalue weighted by Gasteiger charge is 2.19. The second kappa shape index (κ2) is 8.45. The zero-order chi connectivity index (χ0) is 15.8. The van der Waals surface area contributed by atoms with Crippen molar-refractivity contribution < 1.29 is 14.7 Å². The second-order valence-corrected chi connectivity index (χ2v) is 5.44. The Morgan fingerprint density at radius 2 is 1.81 bits per heavy atom. The van der Waals surface area contributed by atoms with Gasteiger partial charge in [0, 0.05) is 19.5 Å². The van der Waals surface area contributed by atoms with E-state index in [0.29, 0.717) is 6.54 Å². The highest BCUT2D eigenvalue weighted by atomic mass is 16.4. The summed E-state index contributed by atoms with van der Waals surface area (Å²) in [6, 6.07) is 6.68. The summed E-state index contributed by atoms with van der Waals surface area (Å²) in [4.78, 5) is 24.9. The maximum Gasteiger partial charge on any atom is 0.335 e. The van der Waals surface area contributed by atoms with Crippen LogP contribution >= 0.6 is 0 Å². The van der Waals surface area contributed by atoms with Crippen molar-refractivity contribution in [1.29, 1.82) is 0 Å². The Balaban J connectivity index is 2.64. The standard InChI is InChI=1S/C17H25NO3/c1-4-6-7-14(5-2)16(19)18(3)12-13-8-10-15(11-9-13)17(20)21/h8-11,14H,4-7,12H2,1-3H3,(H,20,21). The maximum absolute atomic E-state index is 12.4. The molecule has 0 aliphatic heterocycles. The van der Waals surface area contributed by atoms with E-state index in [1.807, 2.05) is 14.0 Å². The topological polar surface area (TPSA) is 57.6 Å². The van der Waals surface area contributed by atoms with Crippen molar-refractivity contribution in [2.45, 2.75) is 46.1 Å². The SMILES string of the molecule is CCCCC(CC)C(=O)N(C)Cc1ccc(C(=O)O)cc1. The molecule has 4 nitrogen and oxygen atoms in total.